The first-order chi connectivity index (χ1) is 9.58. The van der Waals surface area contributed by atoms with Crippen LogP contribution in [0.15, 0.2) is 28.8 Å². The maximum Gasteiger partial charge on any atom is 0.411 e. The first-order valence-electron chi connectivity index (χ1n) is 6.09. The second kappa shape index (κ2) is 6.10. The maximum atomic E-state index is 11.1. The average Bonchev–Trinajstić information content (AvgIpc) is 2.85. The number of anilines is 1. The zero-order valence-electron chi connectivity index (χ0n) is 11.6. The molecular weight excluding hydrogens is 260 g/mol. The predicted octanol–water partition coefficient (Wildman–Crippen LogP) is 3.05. The van der Waals surface area contributed by atoms with Crippen LogP contribution in [0, 0.1) is 13.8 Å². The van der Waals surface area contributed by atoms with E-state index in [0.717, 1.165) is 11.3 Å². The van der Waals surface area contributed by atoms with Gasteiger partial charge in [-0.3, -0.25) is 5.32 Å². The van der Waals surface area contributed by atoms with E-state index < -0.39 is 6.09 Å². The molecule has 0 aliphatic rings. The van der Waals surface area contributed by atoms with Gasteiger partial charge in [0, 0.05) is 11.8 Å². The lowest BCUT2D eigenvalue weighted by atomic mass is 10.2. The normalized spacial score (nSPS) is 10.2. The predicted molar refractivity (Wildman–Crippen MR) is 72.8 cm³/mol. The molecule has 0 atom stereocenters. The Kier molecular flexibility index (Phi) is 4.24. The van der Waals surface area contributed by atoms with Crippen molar-refractivity contribution in [3.05, 3.63) is 41.3 Å². The maximum absolute atomic E-state index is 11.1. The number of nitrogens with one attached hydrogen (secondary N) is 1. The summed E-state index contributed by atoms with van der Waals surface area (Å²) in [7, 11) is 1.32. The van der Waals surface area contributed by atoms with Crippen LogP contribution in [0.4, 0.5) is 10.5 Å². The van der Waals surface area contributed by atoms with Crippen LogP contribution in [0.2, 0.25) is 0 Å². The van der Waals surface area contributed by atoms with Crippen molar-refractivity contribution in [3.8, 4) is 5.75 Å². The molecule has 20 heavy (non-hydrogen) atoms. The molecular formula is C14H16N2O4. The van der Waals surface area contributed by atoms with Gasteiger partial charge in [-0.05, 0) is 37.6 Å². The summed E-state index contributed by atoms with van der Waals surface area (Å²) >= 11 is 0. The SMILES string of the molecule is COC(=O)Nc1ccc(OCc2cc(C)no2)cc1C. The topological polar surface area (TPSA) is 73.6 Å². The van der Waals surface area contributed by atoms with Gasteiger partial charge in [0.1, 0.15) is 12.4 Å². The van der Waals surface area contributed by atoms with E-state index >= 15 is 0 Å². The van der Waals surface area contributed by atoms with E-state index in [-0.39, 0.29) is 0 Å². The summed E-state index contributed by atoms with van der Waals surface area (Å²) in [5.41, 5.74) is 2.37. The molecule has 0 fully saturated rings. The van der Waals surface area contributed by atoms with Crippen molar-refractivity contribution in [2.75, 3.05) is 12.4 Å². The van der Waals surface area contributed by atoms with Gasteiger partial charge in [0.2, 0.25) is 0 Å². The Balaban J connectivity index is 1.99. The number of ether oxygens (including phenoxy) is 2. The van der Waals surface area contributed by atoms with E-state index in [0.29, 0.717) is 23.8 Å². The Bertz CT molecular complexity index is 607. The molecule has 0 saturated heterocycles. The van der Waals surface area contributed by atoms with Crippen LogP contribution in [-0.2, 0) is 11.3 Å². The molecule has 0 spiro atoms. The van der Waals surface area contributed by atoms with Crippen LogP contribution in [0.1, 0.15) is 17.0 Å². The number of carbonyl (C=O) groups is 1. The summed E-state index contributed by atoms with van der Waals surface area (Å²) in [5, 5.41) is 6.41. The number of carbonyl (C=O) groups excluding carboxylic acids is 1. The van der Waals surface area contributed by atoms with E-state index in [1.807, 2.05) is 26.0 Å². The number of hydrogen-bond donors (Lipinski definition) is 1. The van der Waals surface area contributed by atoms with Crippen molar-refractivity contribution in [3.63, 3.8) is 0 Å². The minimum Gasteiger partial charge on any atom is -0.486 e. The molecule has 1 aromatic carbocycles. The van der Waals surface area contributed by atoms with Crippen molar-refractivity contribution in [1.82, 2.24) is 5.16 Å². The summed E-state index contributed by atoms with van der Waals surface area (Å²) in [5.74, 6) is 1.35. The third kappa shape index (κ3) is 3.50. The lowest BCUT2D eigenvalue weighted by Crippen LogP contribution is -2.11. The molecule has 0 unspecified atom stereocenters. The number of nitrogens with zero attached hydrogens (tertiary/aromatic N) is 1. The van der Waals surface area contributed by atoms with Crippen LogP contribution in [0.3, 0.4) is 0 Å². The number of methoxy groups -OCH3 is 1. The van der Waals surface area contributed by atoms with Crippen molar-refractivity contribution in [2.24, 2.45) is 0 Å². The standard InChI is InChI=1S/C14H16N2O4/c1-9-6-11(4-5-13(9)15-14(17)18-3)19-8-12-7-10(2)16-20-12/h4-7H,8H2,1-3H3,(H,15,17). The summed E-state index contributed by atoms with van der Waals surface area (Å²) < 4.78 is 15.2. The molecule has 6 nitrogen and oxygen atoms in total. The summed E-state index contributed by atoms with van der Waals surface area (Å²) in [4.78, 5) is 11.1. The molecule has 0 saturated carbocycles. The van der Waals surface area contributed by atoms with Crippen LogP contribution < -0.4 is 10.1 Å². The van der Waals surface area contributed by atoms with Gasteiger partial charge in [0.05, 0.1) is 12.8 Å². The van der Waals surface area contributed by atoms with E-state index in [2.05, 4.69) is 15.2 Å². The van der Waals surface area contributed by atoms with Gasteiger partial charge in [-0.2, -0.15) is 0 Å². The van der Waals surface area contributed by atoms with Gasteiger partial charge < -0.3 is 14.0 Å². The number of hydrogen-bond acceptors (Lipinski definition) is 5. The smallest absolute Gasteiger partial charge is 0.411 e. The van der Waals surface area contributed by atoms with E-state index in [9.17, 15) is 4.79 Å². The molecule has 1 heterocycles. The van der Waals surface area contributed by atoms with Crippen molar-refractivity contribution in [2.45, 2.75) is 20.5 Å². The van der Waals surface area contributed by atoms with E-state index in [1.165, 1.54) is 7.11 Å². The Morgan fingerprint density at radius 1 is 1.35 bits per heavy atom. The van der Waals surface area contributed by atoms with Gasteiger partial charge in [-0.1, -0.05) is 5.16 Å². The largest absolute Gasteiger partial charge is 0.486 e. The van der Waals surface area contributed by atoms with Crippen LogP contribution >= 0.6 is 0 Å². The molecule has 2 aromatic rings. The van der Waals surface area contributed by atoms with Gasteiger partial charge in [0.25, 0.3) is 0 Å². The zero-order valence-corrected chi connectivity index (χ0v) is 11.6. The molecule has 106 valence electrons. The highest BCUT2D eigenvalue weighted by atomic mass is 16.5. The highest BCUT2D eigenvalue weighted by Gasteiger charge is 2.06. The van der Waals surface area contributed by atoms with Crippen LogP contribution in [-0.4, -0.2) is 18.4 Å². The third-order valence-electron chi connectivity index (χ3n) is 2.68. The Morgan fingerprint density at radius 2 is 2.15 bits per heavy atom. The molecule has 0 aliphatic heterocycles. The van der Waals surface area contributed by atoms with Gasteiger partial charge in [-0.25, -0.2) is 4.79 Å². The number of aryl methyl sites for hydroxylation is 2. The molecule has 0 aliphatic carbocycles. The Labute approximate surface area is 116 Å². The summed E-state index contributed by atoms with van der Waals surface area (Å²) in [6, 6.07) is 7.17. The molecule has 0 radical (unpaired) electrons. The van der Waals surface area contributed by atoms with Gasteiger partial charge >= 0.3 is 6.09 Å². The fourth-order valence-electron chi connectivity index (χ4n) is 1.67. The lowest BCUT2D eigenvalue weighted by Gasteiger charge is -2.09. The van der Waals surface area contributed by atoms with Crippen LogP contribution in [0.5, 0.6) is 5.75 Å². The fraction of sp³-hybridized carbons (Fsp3) is 0.286. The highest BCUT2D eigenvalue weighted by Crippen LogP contribution is 2.22. The minimum absolute atomic E-state index is 0.310. The average molecular weight is 276 g/mol. The first-order valence-corrected chi connectivity index (χ1v) is 6.09. The Morgan fingerprint density at radius 3 is 2.75 bits per heavy atom. The monoisotopic (exact) mass is 276 g/mol. The number of rotatable bonds is 4. The number of amides is 1. The fourth-order valence-corrected chi connectivity index (χ4v) is 1.67. The zero-order chi connectivity index (χ0) is 14.5. The molecule has 2 rings (SSSR count). The van der Waals surface area contributed by atoms with E-state index in [4.69, 9.17) is 9.26 Å². The van der Waals surface area contributed by atoms with Crippen molar-refractivity contribution >= 4 is 11.8 Å². The Hall–Kier alpha value is -2.50. The molecule has 1 N–H and O–H groups in total. The second-order valence-corrected chi connectivity index (χ2v) is 4.32. The number of aromatic nitrogens is 1. The lowest BCUT2D eigenvalue weighted by molar-refractivity contribution is 0.187. The molecule has 1 aromatic heterocycles. The van der Waals surface area contributed by atoms with Crippen LogP contribution in [0.25, 0.3) is 0 Å². The van der Waals surface area contributed by atoms with Crippen molar-refractivity contribution in [1.29, 1.82) is 0 Å². The summed E-state index contributed by atoms with van der Waals surface area (Å²) in [6.45, 7) is 4.03. The van der Waals surface area contributed by atoms with Crippen molar-refractivity contribution < 1.29 is 18.8 Å². The quantitative estimate of drug-likeness (QED) is 0.929. The molecule has 0 bridgehead atoms. The number of benzene rings is 1. The first kappa shape index (κ1) is 13.9. The van der Waals surface area contributed by atoms with Gasteiger partial charge in [-0.15, -0.1) is 0 Å². The second-order valence-electron chi connectivity index (χ2n) is 4.32. The third-order valence-corrected chi connectivity index (χ3v) is 2.68. The highest BCUT2D eigenvalue weighted by molar-refractivity contribution is 5.85. The minimum atomic E-state index is -0.501. The summed E-state index contributed by atoms with van der Waals surface area (Å²) in [6.07, 6.45) is -0.501. The van der Waals surface area contributed by atoms with Gasteiger partial charge in [0.15, 0.2) is 5.76 Å². The van der Waals surface area contributed by atoms with E-state index in [1.54, 1.807) is 12.1 Å². The molecule has 1 amide bonds. The molecule has 6 heteroatoms.